The number of hydrogen-bond acceptors (Lipinski definition) is 4. The van der Waals surface area contributed by atoms with Gasteiger partial charge in [0, 0.05) is 15.6 Å². The van der Waals surface area contributed by atoms with E-state index in [0.29, 0.717) is 22.9 Å². The van der Waals surface area contributed by atoms with Crippen LogP contribution in [0.4, 0.5) is 0 Å². The molecule has 0 aliphatic rings. The number of rotatable bonds is 5. The number of halogens is 1. The molecule has 6 heteroatoms. The van der Waals surface area contributed by atoms with E-state index in [4.69, 9.17) is 4.42 Å². The first-order valence-corrected chi connectivity index (χ1v) is 8.52. The molecule has 1 amide bonds. The predicted octanol–water partition coefficient (Wildman–Crippen LogP) is 4.52. The molecule has 2 heterocycles. The summed E-state index contributed by atoms with van der Waals surface area (Å²) in [6, 6.07) is 15.0. The molecule has 3 aromatic rings. The molecule has 4 nitrogen and oxygen atoms in total. The van der Waals surface area contributed by atoms with Crippen LogP contribution in [0, 0.1) is 0 Å². The van der Waals surface area contributed by atoms with Gasteiger partial charge in [0.1, 0.15) is 10.8 Å². The minimum absolute atomic E-state index is 0.172. The second kappa shape index (κ2) is 7.48. The molecule has 0 radical (unpaired) electrons. The number of aromatic nitrogens is 1. The normalized spacial score (nSPS) is 10.5. The summed E-state index contributed by atoms with van der Waals surface area (Å²) in [6.07, 6.45) is 3.27. The summed E-state index contributed by atoms with van der Waals surface area (Å²) in [4.78, 5) is 17.7. The van der Waals surface area contributed by atoms with Gasteiger partial charge < -0.3 is 9.73 Å². The quantitative estimate of drug-likeness (QED) is 0.697. The number of nitrogens with one attached hydrogen (secondary N) is 1. The third-order valence-electron chi connectivity index (χ3n) is 3.05. The minimum atomic E-state index is -0.172. The first-order valence-electron chi connectivity index (χ1n) is 6.91. The van der Waals surface area contributed by atoms with Crippen LogP contribution in [0.25, 0.3) is 0 Å². The number of nitrogens with zero attached hydrogens (tertiary/aromatic N) is 1. The van der Waals surface area contributed by atoms with Crippen molar-refractivity contribution in [2.45, 2.75) is 16.5 Å². The van der Waals surface area contributed by atoms with Gasteiger partial charge in [-0.25, -0.2) is 4.98 Å². The van der Waals surface area contributed by atoms with Gasteiger partial charge in [0.15, 0.2) is 0 Å². The summed E-state index contributed by atoms with van der Waals surface area (Å²) >= 11 is 4.87. The van der Waals surface area contributed by atoms with Gasteiger partial charge >= 0.3 is 0 Å². The van der Waals surface area contributed by atoms with Crippen molar-refractivity contribution >= 4 is 33.6 Å². The molecule has 1 N–H and O–H groups in total. The lowest BCUT2D eigenvalue weighted by Crippen LogP contribution is -2.23. The second-order valence-corrected chi connectivity index (χ2v) is 6.65. The molecule has 0 fully saturated rings. The molecular formula is C17H13BrN2O2S. The van der Waals surface area contributed by atoms with Crippen LogP contribution in [0.15, 0.2) is 79.8 Å². The smallest absolute Gasteiger partial charge is 0.254 e. The van der Waals surface area contributed by atoms with Crippen molar-refractivity contribution in [2.75, 3.05) is 0 Å². The Balaban J connectivity index is 1.74. The van der Waals surface area contributed by atoms with Gasteiger partial charge in [0.05, 0.1) is 18.4 Å². The molecule has 1 aromatic carbocycles. The SMILES string of the molecule is O=C(NCc1ccco1)c1cccnc1Sc1ccc(Br)cc1. The van der Waals surface area contributed by atoms with Crippen molar-refractivity contribution < 1.29 is 9.21 Å². The zero-order chi connectivity index (χ0) is 16.1. The molecular weight excluding hydrogens is 376 g/mol. The molecule has 2 aromatic heterocycles. The molecule has 23 heavy (non-hydrogen) atoms. The van der Waals surface area contributed by atoms with E-state index in [1.807, 2.05) is 30.3 Å². The van der Waals surface area contributed by atoms with Gasteiger partial charge in [0.2, 0.25) is 0 Å². The lowest BCUT2D eigenvalue weighted by atomic mass is 10.2. The number of carbonyl (C=O) groups excluding carboxylic acids is 1. The van der Waals surface area contributed by atoms with Crippen LogP contribution in [0.5, 0.6) is 0 Å². The van der Waals surface area contributed by atoms with Crippen molar-refractivity contribution in [3.05, 3.63) is 76.8 Å². The summed E-state index contributed by atoms with van der Waals surface area (Å²) < 4.78 is 6.23. The van der Waals surface area contributed by atoms with E-state index in [-0.39, 0.29) is 5.91 Å². The van der Waals surface area contributed by atoms with Gasteiger partial charge in [-0.1, -0.05) is 27.7 Å². The fraction of sp³-hybridized carbons (Fsp3) is 0.0588. The van der Waals surface area contributed by atoms with Crippen LogP contribution < -0.4 is 5.32 Å². The average Bonchev–Trinajstić information content (AvgIpc) is 3.09. The molecule has 0 bridgehead atoms. The van der Waals surface area contributed by atoms with Gasteiger partial charge in [0.25, 0.3) is 5.91 Å². The lowest BCUT2D eigenvalue weighted by molar-refractivity contribution is 0.0944. The Hall–Kier alpha value is -2.05. The Morgan fingerprint density at radius 3 is 2.74 bits per heavy atom. The molecule has 0 aliphatic carbocycles. The maximum Gasteiger partial charge on any atom is 0.254 e. The van der Waals surface area contributed by atoms with Crippen LogP contribution in [-0.2, 0) is 6.54 Å². The maximum atomic E-state index is 12.4. The molecule has 0 aliphatic heterocycles. The van der Waals surface area contributed by atoms with E-state index in [1.54, 1.807) is 30.7 Å². The largest absolute Gasteiger partial charge is 0.467 e. The van der Waals surface area contributed by atoms with E-state index in [9.17, 15) is 4.79 Å². The monoisotopic (exact) mass is 388 g/mol. The zero-order valence-corrected chi connectivity index (χ0v) is 14.4. The number of hydrogen-bond donors (Lipinski definition) is 1. The summed E-state index contributed by atoms with van der Waals surface area (Å²) in [5, 5.41) is 3.52. The highest BCUT2D eigenvalue weighted by atomic mass is 79.9. The Kier molecular flexibility index (Phi) is 5.15. The van der Waals surface area contributed by atoms with Crippen LogP contribution in [-0.4, -0.2) is 10.9 Å². The Morgan fingerprint density at radius 1 is 1.17 bits per heavy atom. The highest BCUT2D eigenvalue weighted by Crippen LogP contribution is 2.29. The van der Waals surface area contributed by atoms with Crippen LogP contribution in [0.3, 0.4) is 0 Å². The topological polar surface area (TPSA) is 55.1 Å². The molecule has 3 rings (SSSR count). The zero-order valence-electron chi connectivity index (χ0n) is 12.0. The third kappa shape index (κ3) is 4.24. The molecule has 0 saturated heterocycles. The van der Waals surface area contributed by atoms with Crippen molar-refractivity contribution in [3.63, 3.8) is 0 Å². The Bertz CT molecular complexity index is 789. The van der Waals surface area contributed by atoms with Crippen LogP contribution in [0.2, 0.25) is 0 Å². The van der Waals surface area contributed by atoms with E-state index >= 15 is 0 Å². The van der Waals surface area contributed by atoms with Gasteiger partial charge in [-0.15, -0.1) is 0 Å². The fourth-order valence-electron chi connectivity index (χ4n) is 1.94. The summed E-state index contributed by atoms with van der Waals surface area (Å²) in [7, 11) is 0. The first kappa shape index (κ1) is 15.8. The third-order valence-corrected chi connectivity index (χ3v) is 4.60. The van der Waals surface area contributed by atoms with Crippen molar-refractivity contribution in [3.8, 4) is 0 Å². The summed E-state index contributed by atoms with van der Waals surface area (Å²) in [6.45, 7) is 0.350. The molecule has 0 spiro atoms. The standard InChI is InChI=1S/C17H13BrN2O2S/c18-12-5-7-14(8-6-12)23-17-15(4-1-9-19-17)16(21)20-11-13-3-2-10-22-13/h1-10H,11H2,(H,20,21). The molecule has 116 valence electrons. The summed E-state index contributed by atoms with van der Waals surface area (Å²) in [5.41, 5.74) is 0.548. The Morgan fingerprint density at radius 2 is 2.00 bits per heavy atom. The highest BCUT2D eigenvalue weighted by Gasteiger charge is 2.13. The highest BCUT2D eigenvalue weighted by molar-refractivity contribution is 9.10. The number of amides is 1. The number of carbonyl (C=O) groups is 1. The predicted molar refractivity (Wildman–Crippen MR) is 92.4 cm³/mol. The van der Waals surface area contributed by atoms with Crippen molar-refractivity contribution in [1.82, 2.24) is 10.3 Å². The maximum absolute atomic E-state index is 12.4. The van der Waals surface area contributed by atoms with E-state index in [2.05, 4.69) is 26.2 Å². The second-order valence-electron chi connectivity index (χ2n) is 4.67. The average molecular weight is 389 g/mol. The number of furan rings is 1. The summed E-state index contributed by atoms with van der Waals surface area (Å²) in [5.74, 6) is 0.540. The molecule has 0 saturated carbocycles. The van der Waals surface area contributed by atoms with Gasteiger partial charge in [-0.2, -0.15) is 0 Å². The number of benzene rings is 1. The fourth-order valence-corrected chi connectivity index (χ4v) is 3.08. The van der Waals surface area contributed by atoms with E-state index in [1.165, 1.54) is 11.8 Å². The minimum Gasteiger partial charge on any atom is -0.467 e. The Labute approximate surface area is 146 Å². The van der Waals surface area contributed by atoms with E-state index in [0.717, 1.165) is 9.37 Å². The first-order chi connectivity index (χ1) is 11.2. The molecule has 0 unspecified atom stereocenters. The van der Waals surface area contributed by atoms with E-state index < -0.39 is 0 Å². The van der Waals surface area contributed by atoms with Crippen molar-refractivity contribution in [1.29, 1.82) is 0 Å². The van der Waals surface area contributed by atoms with Crippen LogP contribution in [0.1, 0.15) is 16.1 Å². The lowest BCUT2D eigenvalue weighted by Gasteiger charge is -2.08. The van der Waals surface area contributed by atoms with Gasteiger partial charge in [-0.3, -0.25) is 4.79 Å². The van der Waals surface area contributed by atoms with Crippen LogP contribution >= 0.6 is 27.7 Å². The van der Waals surface area contributed by atoms with Crippen molar-refractivity contribution in [2.24, 2.45) is 0 Å². The van der Waals surface area contributed by atoms with Gasteiger partial charge in [-0.05, 0) is 48.5 Å². The molecule has 0 atom stereocenters. The number of pyridine rings is 1.